The average Bonchev–Trinajstić information content (AvgIpc) is 2.44. The number of rotatable bonds is 12. The van der Waals surface area contributed by atoms with E-state index < -0.39 is 18.4 Å². The third-order valence-corrected chi connectivity index (χ3v) is 21.2. The SMILES string of the molecule is CC/C=[C](\CC)[Sn]([CH2]CCC)([CH2]CCC)[CH2]CCC. The van der Waals surface area contributed by atoms with Gasteiger partial charge in [0, 0.05) is 0 Å². The van der Waals surface area contributed by atoms with E-state index in [0.29, 0.717) is 0 Å². The number of allylic oxidation sites excluding steroid dienone is 2. The van der Waals surface area contributed by atoms with Crippen LogP contribution in [0.3, 0.4) is 0 Å². The monoisotopic (exact) mass is 374 g/mol. The molecule has 0 heterocycles. The van der Waals surface area contributed by atoms with E-state index in [-0.39, 0.29) is 0 Å². The molecule has 0 radical (unpaired) electrons. The average molecular weight is 373 g/mol. The molecule has 19 heavy (non-hydrogen) atoms. The molecule has 0 aliphatic heterocycles. The quantitative estimate of drug-likeness (QED) is 0.320. The van der Waals surface area contributed by atoms with E-state index in [2.05, 4.69) is 40.7 Å². The third-order valence-electron chi connectivity index (χ3n) is 4.54. The van der Waals surface area contributed by atoms with Crippen molar-refractivity contribution in [1.82, 2.24) is 0 Å². The maximum absolute atomic E-state index is 2.64. The molecule has 0 saturated heterocycles. The van der Waals surface area contributed by atoms with Crippen LogP contribution in [-0.4, -0.2) is 18.4 Å². The number of hydrogen-bond acceptors (Lipinski definition) is 0. The summed E-state index contributed by atoms with van der Waals surface area (Å²) in [6, 6.07) is 0. The number of unbranched alkanes of at least 4 members (excludes halogenated alkanes) is 3. The van der Waals surface area contributed by atoms with Gasteiger partial charge in [0.2, 0.25) is 0 Å². The molecular formula is C18H38Sn. The second kappa shape index (κ2) is 12.3. The van der Waals surface area contributed by atoms with E-state index in [1.165, 1.54) is 51.4 Å². The number of hydrogen-bond donors (Lipinski definition) is 0. The van der Waals surface area contributed by atoms with Crippen LogP contribution in [0.15, 0.2) is 9.67 Å². The van der Waals surface area contributed by atoms with Gasteiger partial charge in [0.25, 0.3) is 0 Å². The molecule has 0 spiro atoms. The summed E-state index contributed by atoms with van der Waals surface area (Å²) in [6.07, 6.45) is 13.9. The van der Waals surface area contributed by atoms with Crippen LogP contribution in [0.4, 0.5) is 0 Å². The van der Waals surface area contributed by atoms with Crippen molar-refractivity contribution >= 4 is 18.4 Å². The molecule has 0 unspecified atom stereocenters. The molecule has 114 valence electrons. The first-order chi connectivity index (χ1) is 9.20. The van der Waals surface area contributed by atoms with Crippen LogP contribution in [0.5, 0.6) is 0 Å². The van der Waals surface area contributed by atoms with Gasteiger partial charge in [0.15, 0.2) is 0 Å². The van der Waals surface area contributed by atoms with Crippen molar-refractivity contribution in [3.63, 3.8) is 0 Å². The molecule has 0 fully saturated rings. The van der Waals surface area contributed by atoms with Gasteiger partial charge in [0.1, 0.15) is 0 Å². The minimum absolute atomic E-state index is 1.26. The molecule has 0 aromatic heterocycles. The molecule has 0 aliphatic carbocycles. The van der Waals surface area contributed by atoms with Gasteiger partial charge in [-0.15, -0.1) is 0 Å². The Bertz CT molecular complexity index is 208. The fourth-order valence-electron chi connectivity index (χ4n) is 3.38. The predicted molar refractivity (Wildman–Crippen MR) is 93.6 cm³/mol. The summed E-state index contributed by atoms with van der Waals surface area (Å²) in [7, 11) is 0. The molecule has 0 N–H and O–H groups in total. The van der Waals surface area contributed by atoms with Crippen molar-refractivity contribution in [3.05, 3.63) is 9.67 Å². The Labute approximate surface area is 127 Å². The molecule has 0 aromatic carbocycles. The topological polar surface area (TPSA) is 0 Å². The first-order valence-electron chi connectivity index (χ1n) is 8.90. The Hall–Kier alpha value is 0.539. The summed E-state index contributed by atoms with van der Waals surface area (Å²) in [5, 5.41) is 0. The van der Waals surface area contributed by atoms with Crippen LogP contribution < -0.4 is 0 Å². The molecule has 0 amide bonds. The molecule has 1 heteroatoms. The van der Waals surface area contributed by atoms with Crippen molar-refractivity contribution in [3.8, 4) is 0 Å². The summed E-state index contributed by atoms with van der Waals surface area (Å²) in [5.74, 6) is 0. The fourth-order valence-corrected chi connectivity index (χ4v) is 21.1. The van der Waals surface area contributed by atoms with Gasteiger partial charge in [-0.25, -0.2) is 0 Å². The Morgan fingerprint density at radius 2 is 1.16 bits per heavy atom. The Kier molecular flexibility index (Phi) is 12.6. The van der Waals surface area contributed by atoms with Gasteiger partial charge >= 0.3 is 127 Å². The molecule has 0 nitrogen and oxygen atoms in total. The van der Waals surface area contributed by atoms with E-state index in [4.69, 9.17) is 0 Å². The Morgan fingerprint density at radius 1 is 0.737 bits per heavy atom. The van der Waals surface area contributed by atoms with Crippen molar-refractivity contribution < 1.29 is 0 Å². The van der Waals surface area contributed by atoms with E-state index >= 15 is 0 Å². The molecular weight excluding hydrogens is 335 g/mol. The zero-order valence-corrected chi connectivity index (χ0v) is 17.2. The van der Waals surface area contributed by atoms with Crippen molar-refractivity contribution in [1.29, 1.82) is 0 Å². The zero-order chi connectivity index (χ0) is 14.6. The van der Waals surface area contributed by atoms with Gasteiger partial charge < -0.3 is 0 Å². The van der Waals surface area contributed by atoms with Crippen LogP contribution in [0.2, 0.25) is 13.3 Å². The second-order valence-electron chi connectivity index (χ2n) is 6.08. The standard InChI is InChI=1S/C6H11.3C4H9.Sn/c1-3-5-6-4-2;3*1-3-4-2;/h5H,3-4H2,1-2H3;3*1,3-4H2,2H3;. The summed E-state index contributed by atoms with van der Waals surface area (Å²) in [6.45, 7) is 11.8. The van der Waals surface area contributed by atoms with E-state index in [1.54, 1.807) is 13.3 Å². The minimum atomic E-state index is -2.01. The second-order valence-corrected chi connectivity index (χ2v) is 19.5. The first kappa shape index (κ1) is 19.5. The summed E-state index contributed by atoms with van der Waals surface area (Å²) >= 11 is -2.01. The normalized spacial score (nSPS) is 13.0. The first-order valence-corrected chi connectivity index (χ1v) is 16.4. The van der Waals surface area contributed by atoms with E-state index in [1.807, 2.05) is 3.59 Å². The van der Waals surface area contributed by atoms with E-state index in [9.17, 15) is 0 Å². The van der Waals surface area contributed by atoms with Crippen LogP contribution in [0.25, 0.3) is 0 Å². The summed E-state index contributed by atoms with van der Waals surface area (Å²) < 4.78 is 6.87. The van der Waals surface area contributed by atoms with Gasteiger partial charge in [0.05, 0.1) is 0 Å². The summed E-state index contributed by atoms with van der Waals surface area (Å²) in [4.78, 5) is 0. The van der Waals surface area contributed by atoms with Gasteiger partial charge in [-0.2, -0.15) is 0 Å². The maximum atomic E-state index is 2.64. The van der Waals surface area contributed by atoms with Gasteiger partial charge in [-0.05, 0) is 0 Å². The van der Waals surface area contributed by atoms with Crippen LogP contribution in [0.1, 0.15) is 86.0 Å². The summed E-state index contributed by atoms with van der Waals surface area (Å²) in [5.41, 5.74) is 0. The van der Waals surface area contributed by atoms with Crippen LogP contribution >= 0.6 is 0 Å². The third kappa shape index (κ3) is 7.20. The molecule has 0 bridgehead atoms. The zero-order valence-electron chi connectivity index (χ0n) is 14.4. The van der Waals surface area contributed by atoms with E-state index in [0.717, 1.165) is 0 Å². The molecule has 0 rings (SSSR count). The molecule has 0 aliphatic rings. The van der Waals surface area contributed by atoms with Gasteiger partial charge in [-0.3, -0.25) is 0 Å². The molecule has 0 saturated carbocycles. The van der Waals surface area contributed by atoms with Crippen molar-refractivity contribution in [2.75, 3.05) is 0 Å². The molecule has 0 aromatic rings. The Morgan fingerprint density at radius 3 is 1.42 bits per heavy atom. The van der Waals surface area contributed by atoms with Crippen molar-refractivity contribution in [2.45, 2.75) is 99.3 Å². The van der Waals surface area contributed by atoms with Crippen molar-refractivity contribution in [2.24, 2.45) is 0 Å². The van der Waals surface area contributed by atoms with Gasteiger partial charge in [-0.1, -0.05) is 0 Å². The predicted octanol–water partition coefficient (Wildman–Crippen LogP) is 7.12. The van der Waals surface area contributed by atoms with Crippen LogP contribution in [0, 0.1) is 0 Å². The molecule has 0 atom stereocenters. The van der Waals surface area contributed by atoms with Crippen LogP contribution in [-0.2, 0) is 0 Å². The Balaban J connectivity index is 5.10. The fraction of sp³-hybridized carbons (Fsp3) is 0.889.